The molecule has 140 valence electrons. The Labute approximate surface area is 168 Å². The molecule has 3 aromatic rings. The summed E-state index contributed by atoms with van der Waals surface area (Å²) in [5, 5.41) is 12.8. The number of benzene rings is 2. The molecule has 0 atom stereocenters. The first-order chi connectivity index (χ1) is 13.5. The number of aromatic nitrogens is 1. The molecular weight excluding hydrogens is 374 g/mol. The second-order valence-electron chi connectivity index (χ2n) is 6.06. The van der Waals surface area contributed by atoms with Crippen molar-refractivity contribution in [3.63, 3.8) is 0 Å². The Morgan fingerprint density at radius 1 is 1.11 bits per heavy atom. The van der Waals surface area contributed by atoms with Gasteiger partial charge in [0.2, 0.25) is 0 Å². The van der Waals surface area contributed by atoms with Crippen molar-refractivity contribution in [3.8, 4) is 17.5 Å². The van der Waals surface area contributed by atoms with Crippen LogP contribution in [0.2, 0.25) is 5.02 Å². The molecular formula is C22H18ClN3O2. The molecule has 3 rings (SSSR count). The van der Waals surface area contributed by atoms with Gasteiger partial charge in [-0.3, -0.25) is 4.79 Å². The molecule has 0 aliphatic rings. The summed E-state index contributed by atoms with van der Waals surface area (Å²) >= 11 is 5.86. The minimum atomic E-state index is -0.482. The van der Waals surface area contributed by atoms with E-state index in [0.29, 0.717) is 10.7 Å². The van der Waals surface area contributed by atoms with Gasteiger partial charge in [-0.15, -0.1) is 0 Å². The number of amides is 1. The zero-order chi connectivity index (χ0) is 20.1. The van der Waals surface area contributed by atoms with Crippen LogP contribution in [0.1, 0.15) is 11.4 Å². The van der Waals surface area contributed by atoms with Gasteiger partial charge in [-0.2, -0.15) is 5.26 Å². The maximum Gasteiger partial charge on any atom is 0.266 e. The number of ether oxygens (including phenoxy) is 1. The number of rotatable bonds is 5. The van der Waals surface area contributed by atoms with Crippen molar-refractivity contribution in [2.24, 2.45) is 0 Å². The van der Waals surface area contributed by atoms with Crippen molar-refractivity contribution < 1.29 is 9.53 Å². The van der Waals surface area contributed by atoms with Crippen LogP contribution in [0, 0.1) is 18.3 Å². The van der Waals surface area contributed by atoms with Gasteiger partial charge in [0.15, 0.2) is 0 Å². The molecule has 2 aromatic carbocycles. The van der Waals surface area contributed by atoms with E-state index in [0.717, 1.165) is 22.8 Å². The van der Waals surface area contributed by atoms with E-state index in [2.05, 4.69) is 5.32 Å². The molecule has 5 nitrogen and oxygen atoms in total. The minimum Gasteiger partial charge on any atom is -0.497 e. The number of nitrogens with one attached hydrogen (secondary N) is 1. The lowest BCUT2D eigenvalue weighted by Crippen LogP contribution is -2.13. The smallest absolute Gasteiger partial charge is 0.266 e. The second kappa shape index (κ2) is 8.47. The summed E-state index contributed by atoms with van der Waals surface area (Å²) < 4.78 is 7.16. The van der Waals surface area contributed by atoms with Crippen LogP contribution in [0.25, 0.3) is 11.8 Å². The van der Waals surface area contributed by atoms with E-state index >= 15 is 0 Å². The van der Waals surface area contributed by atoms with Crippen LogP contribution in [0.5, 0.6) is 5.75 Å². The van der Waals surface area contributed by atoms with Crippen LogP contribution in [-0.2, 0) is 4.79 Å². The molecule has 28 heavy (non-hydrogen) atoms. The standard InChI is InChI=1S/C22H18ClN3O2/c1-15-3-8-20(26(15)19-9-11-21(28-2)12-10-19)13-16(14-24)22(27)25-18-6-4-17(23)5-7-18/h3-13H,1-2H3,(H,25,27)/b16-13-. The van der Waals surface area contributed by atoms with Crippen molar-refractivity contribution in [3.05, 3.63) is 82.6 Å². The molecule has 0 bridgehead atoms. The molecule has 1 aromatic heterocycles. The third kappa shape index (κ3) is 4.25. The zero-order valence-corrected chi connectivity index (χ0v) is 16.2. The Morgan fingerprint density at radius 2 is 1.79 bits per heavy atom. The molecule has 0 aliphatic carbocycles. The van der Waals surface area contributed by atoms with E-state index in [1.165, 1.54) is 0 Å². The van der Waals surface area contributed by atoms with Gasteiger partial charge in [-0.1, -0.05) is 11.6 Å². The second-order valence-corrected chi connectivity index (χ2v) is 6.50. The molecule has 1 N–H and O–H groups in total. The van der Waals surface area contributed by atoms with Crippen LogP contribution in [-0.4, -0.2) is 17.6 Å². The van der Waals surface area contributed by atoms with Crippen molar-refractivity contribution >= 4 is 29.3 Å². The first-order valence-electron chi connectivity index (χ1n) is 8.53. The zero-order valence-electron chi connectivity index (χ0n) is 15.4. The Balaban J connectivity index is 1.91. The summed E-state index contributed by atoms with van der Waals surface area (Å²) in [6.07, 6.45) is 1.57. The molecule has 0 aliphatic heterocycles. The van der Waals surface area contributed by atoms with E-state index in [-0.39, 0.29) is 5.57 Å². The van der Waals surface area contributed by atoms with Crippen molar-refractivity contribution in [2.45, 2.75) is 6.92 Å². The molecule has 0 saturated heterocycles. The summed E-state index contributed by atoms with van der Waals surface area (Å²) in [7, 11) is 1.61. The van der Waals surface area contributed by atoms with E-state index in [1.54, 1.807) is 37.5 Å². The van der Waals surface area contributed by atoms with Gasteiger partial charge in [0, 0.05) is 27.8 Å². The lowest BCUT2D eigenvalue weighted by atomic mass is 10.2. The number of nitrogens with zero attached hydrogens (tertiary/aromatic N) is 2. The van der Waals surface area contributed by atoms with Gasteiger partial charge in [-0.25, -0.2) is 0 Å². The highest BCUT2D eigenvalue weighted by atomic mass is 35.5. The Bertz CT molecular complexity index is 1060. The highest BCUT2D eigenvalue weighted by Gasteiger charge is 2.13. The molecule has 0 fully saturated rings. The van der Waals surface area contributed by atoms with Crippen LogP contribution < -0.4 is 10.1 Å². The lowest BCUT2D eigenvalue weighted by Gasteiger charge is -2.11. The molecule has 1 amide bonds. The average molecular weight is 392 g/mol. The minimum absolute atomic E-state index is 0.00260. The van der Waals surface area contributed by atoms with E-state index in [9.17, 15) is 10.1 Å². The quantitative estimate of drug-likeness (QED) is 0.492. The number of hydrogen-bond donors (Lipinski definition) is 1. The summed E-state index contributed by atoms with van der Waals surface area (Å²) in [6, 6.07) is 20.0. The van der Waals surface area contributed by atoms with Gasteiger partial charge in [0.05, 0.1) is 7.11 Å². The monoisotopic (exact) mass is 391 g/mol. The maximum absolute atomic E-state index is 12.5. The molecule has 0 saturated carbocycles. The summed E-state index contributed by atoms with van der Waals surface area (Å²) in [4.78, 5) is 12.5. The molecule has 0 spiro atoms. The number of carbonyl (C=O) groups excluding carboxylic acids is 1. The number of carbonyl (C=O) groups is 1. The molecule has 0 radical (unpaired) electrons. The lowest BCUT2D eigenvalue weighted by molar-refractivity contribution is -0.112. The van der Waals surface area contributed by atoms with Gasteiger partial charge < -0.3 is 14.6 Å². The van der Waals surface area contributed by atoms with Gasteiger partial charge in [0.1, 0.15) is 17.4 Å². The maximum atomic E-state index is 12.5. The number of methoxy groups -OCH3 is 1. The first-order valence-corrected chi connectivity index (χ1v) is 8.91. The van der Waals surface area contributed by atoms with Crippen molar-refractivity contribution in [2.75, 3.05) is 12.4 Å². The number of anilines is 1. The summed E-state index contributed by atoms with van der Waals surface area (Å²) in [6.45, 7) is 1.96. The van der Waals surface area contributed by atoms with Gasteiger partial charge in [0.25, 0.3) is 5.91 Å². The number of aryl methyl sites for hydroxylation is 1. The molecule has 1 heterocycles. The van der Waals surface area contributed by atoms with Crippen molar-refractivity contribution in [1.82, 2.24) is 4.57 Å². The number of halogens is 1. The summed E-state index contributed by atoms with van der Waals surface area (Å²) in [5.41, 5.74) is 3.18. The number of nitriles is 1. The van der Waals surface area contributed by atoms with E-state index in [1.807, 2.05) is 54.0 Å². The van der Waals surface area contributed by atoms with Gasteiger partial charge >= 0.3 is 0 Å². The fourth-order valence-electron chi connectivity index (χ4n) is 2.78. The Kier molecular flexibility index (Phi) is 5.83. The van der Waals surface area contributed by atoms with Crippen LogP contribution in [0.3, 0.4) is 0 Å². The average Bonchev–Trinajstić information content (AvgIpc) is 3.08. The molecule has 6 heteroatoms. The highest BCUT2D eigenvalue weighted by molar-refractivity contribution is 6.30. The molecule has 0 unspecified atom stereocenters. The largest absolute Gasteiger partial charge is 0.497 e. The third-order valence-electron chi connectivity index (χ3n) is 4.20. The number of hydrogen-bond acceptors (Lipinski definition) is 3. The SMILES string of the molecule is COc1ccc(-n2c(C)ccc2/C=C(/C#N)C(=O)Nc2ccc(Cl)cc2)cc1. The Hall–Kier alpha value is -3.49. The van der Waals surface area contributed by atoms with Gasteiger partial charge in [-0.05, 0) is 73.7 Å². The highest BCUT2D eigenvalue weighted by Crippen LogP contribution is 2.22. The van der Waals surface area contributed by atoms with E-state index < -0.39 is 5.91 Å². The van der Waals surface area contributed by atoms with Crippen LogP contribution in [0.15, 0.2) is 66.2 Å². The first kappa shape index (κ1) is 19.3. The summed E-state index contributed by atoms with van der Waals surface area (Å²) in [5.74, 6) is 0.274. The van der Waals surface area contributed by atoms with Crippen molar-refractivity contribution in [1.29, 1.82) is 5.26 Å². The fourth-order valence-corrected chi connectivity index (χ4v) is 2.91. The predicted molar refractivity (Wildman–Crippen MR) is 111 cm³/mol. The topological polar surface area (TPSA) is 67.0 Å². The van der Waals surface area contributed by atoms with Crippen LogP contribution in [0.4, 0.5) is 5.69 Å². The normalized spacial score (nSPS) is 11.0. The fraction of sp³-hybridized carbons (Fsp3) is 0.0909. The Morgan fingerprint density at radius 3 is 2.39 bits per heavy atom. The third-order valence-corrected chi connectivity index (χ3v) is 4.45. The predicted octanol–water partition coefficient (Wildman–Crippen LogP) is 4.99. The van der Waals surface area contributed by atoms with Crippen LogP contribution >= 0.6 is 11.6 Å². The van der Waals surface area contributed by atoms with E-state index in [4.69, 9.17) is 16.3 Å².